The zero-order valence-corrected chi connectivity index (χ0v) is 19.5. The van der Waals surface area contributed by atoms with Crippen LogP contribution in [0.5, 0.6) is 0 Å². The van der Waals surface area contributed by atoms with E-state index in [1.165, 1.54) is 16.5 Å². The first kappa shape index (κ1) is 26.0. The van der Waals surface area contributed by atoms with E-state index in [9.17, 15) is 31.1 Å². The molecular weight excluding hydrogens is 506 g/mol. The summed E-state index contributed by atoms with van der Waals surface area (Å²) in [6.45, 7) is 1.07. The van der Waals surface area contributed by atoms with E-state index in [0.29, 0.717) is 23.0 Å². The van der Waals surface area contributed by atoms with E-state index in [-0.39, 0.29) is 36.5 Å². The fourth-order valence-electron chi connectivity index (χ4n) is 3.82. The Hall–Kier alpha value is -4.10. The van der Waals surface area contributed by atoms with Crippen LogP contribution < -0.4 is 4.90 Å². The number of aryl methyl sites for hydroxylation is 1. The van der Waals surface area contributed by atoms with Crippen molar-refractivity contribution in [3.05, 3.63) is 70.9 Å². The normalized spacial score (nSPS) is 12.2. The van der Waals surface area contributed by atoms with Crippen molar-refractivity contribution in [1.82, 2.24) is 24.8 Å². The first-order valence-corrected chi connectivity index (χ1v) is 10.9. The van der Waals surface area contributed by atoms with Crippen molar-refractivity contribution in [2.75, 3.05) is 11.5 Å². The lowest BCUT2D eigenvalue weighted by atomic mass is 10.0. The molecule has 8 nitrogen and oxygen atoms in total. The quantitative estimate of drug-likeness (QED) is 0.248. The van der Waals surface area contributed by atoms with E-state index in [2.05, 4.69) is 15.4 Å². The van der Waals surface area contributed by atoms with Gasteiger partial charge in [-0.2, -0.15) is 31.1 Å². The number of hydrogen-bond acceptors (Lipinski definition) is 6. The lowest BCUT2D eigenvalue weighted by Crippen LogP contribution is -2.29. The van der Waals surface area contributed by atoms with E-state index in [0.717, 1.165) is 4.80 Å². The molecule has 0 saturated carbocycles. The van der Waals surface area contributed by atoms with E-state index >= 15 is 0 Å². The maximum absolute atomic E-state index is 13.4. The number of carbonyl (C=O) groups excluding carboxylic acids is 1. The van der Waals surface area contributed by atoms with Crippen LogP contribution in [0.1, 0.15) is 34.1 Å². The Balaban J connectivity index is 1.81. The summed E-state index contributed by atoms with van der Waals surface area (Å²) >= 11 is 0. The zero-order valence-electron chi connectivity index (χ0n) is 19.5. The van der Waals surface area contributed by atoms with Crippen molar-refractivity contribution < 1.29 is 35.9 Å². The molecule has 2 aromatic carbocycles. The second-order valence-electron chi connectivity index (χ2n) is 8.07. The average molecular weight is 526 g/mol. The van der Waals surface area contributed by atoms with Gasteiger partial charge >= 0.3 is 18.3 Å². The molecule has 0 unspecified atom stereocenters. The molecule has 0 N–H and O–H groups in total. The first-order chi connectivity index (χ1) is 17.4. The minimum absolute atomic E-state index is 0.0622. The summed E-state index contributed by atoms with van der Waals surface area (Å²) in [7, 11) is 1.45. The summed E-state index contributed by atoms with van der Waals surface area (Å²) in [5.74, 6) is -0.717. The van der Waals surface area contributed by atoms with Gasteiger partial charge in [0, 0.05) is 11.9 Å². The lowest BCUT2D eigenvalue weighted by molar-refractivity contribution is -0.143. The van der Waals surface area contributed by atoms with Gasteiger partial charge < -0.3 is 14.2 Å². The third-order valence-electron chi connectivity index (χ3n) is 5.41. The highest BCUT2D eigenvalue weighted by Gasteiger charge is 2.37. The van der Waals surface area contributed by atoms with Crippen molar-refractivity contribution in [1.29, 1.82) is 0 Å². The van der Waals surface area contributed by atoms with Gasteiger partial charge in [0.05, 0.1) is 37.0 Å². The molecule has 0 aliphatic rings. The van der Waals surface area contributed by atoms with Gasteiger partial charge in [-0.3, -0.25) is 0 Å². The molecule has 4 aromatic rings. The minimum atomic E-state index is -5.00. The number of alkyl halides is 6. The SMILES string of the molecule is CCOC(=O)c1cc2ccccc2n1CN(Cc1cc(C(F)(F)F)cc(C(F)(F)F)c1)c1nnn(C)n1. The van der Waals surface area contributed by atoms with Gasteiger partial charge in [-0.25, -0.2) is 4.79 Å². The highest BCUT2D eigenvalue weighted by atomic mass is 19.4. The van der Waals surface area contributed by atoms with E-state index < -0.39 is 36.0 Å². The summed E-state index contributed by atoms with van der Waals surface area (Å²) in [4.78, 5) is 15.1. The number of para-hydroxylation sites is 1. The number of esters is 1. The van der Waals surface area contributed by atoms with Crippen LogP contribution >= 0.6 is 0 Å². The monoisotopic (exact) mass is 526 g/mol. The van der Waals surface area contributed by atoms with Crippen LogP contribution in [0.15, 0.2) is 48.5 Å². The van der Waals surface area contributed by atoms with Gasteiger partial charge in [-0.1, -0.05) is 23.3 Å². The molecule has 0 amide bonds. The summed E-state index contributed by atoms with van der Waals surface area (Å²) in [5, 5.41) is 12.3. The summed E-state index contributed by atoms with van der Waals surface area (Å²) in [5.41, 5.74) is -2.45. The van der Waals surface area contributed by atoms with E-state index in [1.54, 1.807) is 37.3 Å². The fourth-order valence-corrected chi connectivity index (χ4v) is 3.82. The number of halogens is 6. The molecule has 0 radical (unpaired) electrons. The Bertz CT molecular complexity index is 1390. The smallest absolute Gasteiger partial charge is 0.416 e. The third-order valence-corrected chi connectivity index (χ3v) is 5.41. The molecule has 0 aliphatic heterocycles. The summed E-state index contributed by atoms with van der Waals surface area (Å²) in [6, 6.07) is 9.87. The van der Waals surface area contributed by atoms with Crippen molar-refractivity contribution >= 4 is 22.8 Å². The Morgan fingerprint density at radius 2 is 1.65 bits per heavy atom. The second-order valence-corrected chi connectivity index (χ2v) is 8.07. The average Bonchev–Trinajstić information content (AvgIpc) is 3.41. The molecule has 0 fully saturated rings. The number of ether oxygens (including phenoxy) is 1. The number of aromatic nitrogens is 5. The van der Waals surface area contributed by atoms with Crippen LogP contribution in [0.2, 0.25) is 0 Å². The van der Waals surface area contributed by atoms with Crippen LogP contribution in [-0.4, -0.2) is 37.4 Å². The van der Waals surface area contributed by atoms with Crippen molar-refractivity contribution in [2.45, 2.75) is 32.5 Å². The number of tetrazole rings is 1. The van der Waals surface area contributed by atoms with Crippen LogP contribution in [0.4, 0.5) is 32.3 Å². The topological polar surface area (TPSA) is 78.1 Å². The fraction of sp³-hybridized carbons (Fsp3) is 0.304. The Morgan fingerprint density at radius 1 is 1.00 bits per heavy atom. The third kappa shape index (κ3) is 5.67. The second kappa shape index (κ2) is 9.75. The number of carbonyl (C=O) groups is 1. The predicted molar refractivity (Wildman–Crippen MR) is 119 cm³/mol. The predicted octanol–water partition coefficient (Wildman–Crippen LogP) is 5.04. The molecule has 14 heteroatoms. The maximum atomic E-state index is 13.4. The Kier molecular flexibility index (Phi) is 6.84. The van der Waals surface area contributed by atoms with Gasteiger partial charge in [0.1, 0.15) is 5.69 Å². The molecule has 0 atom stereocenters. The van der Waals surface area contributed by atoms with Gasteiger partial charge in [-0.15, -0.1) is 5.10 Å². The number of fused-ring (bicyclic) bond motifs is 1. The Labute approximate surface area is 206 Å². The molecule has 0 bridgehead atoms. The first-order valence-electron chi connectivity index (χ1n) is 10.9. The molecule has 196 valence electrons. The van der Waals surface area contributed by atoms with E-state index in [4.69, 9.17) is 4.74 Å². The van der Waals surface area contributed by atoms with Gasteiger partial charge in [0.25, 0.3) is 5.95 Å². The van der Waals surface area contributed by atoms with Crippen LogP contribution in [0.25, 0.3) is 10.9 Å². The van der Waals surface area contributed by atoms with Crippen molar-refractivity contribution in [2.24, 2.45) is 7.05 Å². The molecule has 2 heterocycles. The largest absolute Gasteiger partial charge is 0.461 e. The summed E-state index contributed by atoms with van der Waals surface area (Å²) in [6.07, 6.45) is -10.0. The van der Waals surface area contributed by atoms with E-state index in [1.807, 2.05) is 0 Å². The molecule has 0 spiro atoms. The van der Waals surface area contributed by atoms with Crippen LogP contribution in [0.3, 0.4) is 0 Å². The van der Waals surface area contributed by atoms with Crippen LogP contribution in [0, 0.1) is 0 Å². The number of nitrogens with zero attached hydrogens (tertiary/aromatic N) is 6. The highest BCUT2D eigenvalue weighted by molar-refractivity contribution is 5.95. The molecule has 2 aromatic heterocycles. The number of hydrogen-bond donors (Lipinski definition) is 0. The van der Waals surface area contributed by atoms with Crippen molar-refractivity contribution in [3.63, 3.8) is 0 Å². The zero-order chi connectivity index (χ0) is 27.0. The highest BCUT2D eigenvalue weighted by Crippen LogP contribution is 2.37. The molecule has 0 aliphatic carbocycles. The summed E-state index contributed by atoms with van der Waals surface area (Å²) < 4.78 is 87.2. The van der Waals surface area contributed by atoms with Crippen molar-refractivity contribution in [3.8, 4) is 0 Å². The molecular formula is C23H20F6N6O2. The number of anilines is 1. The molecule has 4 rings (SSSR count). The van der Waals surface area contributed by atoms with Crippen LogP contribution in [-0.2, 0) is 37.4 Å². The standard InChI is InChI=1S/C23H20F6N6O2/c1-3-37-20(36)19-10-15-6-4-5-7-18(15)35(19)13-34(21-30-32-33(2)31-21)12-14-8-16(22(24,25)26)11-17(9-14)23(27,28)29/h4-11H,3,12-13H2,1-2H3. The molecule has 37 heavy (non-hydrogen) atoms. The maximum Gasteiger partial charge on any atom is 0.416 e. The minimum Gasteiger partial charge on any atom is -0.461 e. The Morgan fingerprint density at radius 3 is 2.22 bits per heavy atom. The number of rotatable bonds is 7. The van der Waals surface area contributed by atoms with Gasteiger partial charge in [0.2, 0.25) is 0 Å². The number of benzene rings is 2. The van der Waals surface area contributed by atoms with Gasteiger partial charge in [0.15, 0.2) is 0 Å². The lowest BCUT2D eigenvalue weighted by Gasteiger charge is -2.24. The molecule has 0 saturated heterocycles. The van der Waals surface area contributed by atoms with Gasteiger partial charge in [-0.05, 0) is 48.0 Å².